The second-order valence-electron chi connectivity index (χ2n) is 7.55. The Hall–Kier alpha value is -1.92. The maximum absolute atomic E-state index is 13.7. The van der Waals surface area contributed by atoms with Crippen molar-refractivity contribution in [3.63, 3.8) is 0 Å². The Kier molecular flexibility index (Phi) is 3.85. The van der Waals surface area contributed by atoms with E-state index in [1.54, 1.807) is 18.3 Å². The molecule has 0 amide bonds. The lowest BCUT2D eigenvalue weighted by Crippen LogP contribution is -2.35. The fraction of sp³-hybridized carbons (Fsp3) is 0.444. The molecule has 2 heterocycles. The van der Waals surface area contributed by atoms with Crippen molar-refractivity contribution in [2.24, 2.45) is 17.6 Å². The van der Waals surface area contributed by atoms with Crippen LogP contribution in [-0.2, 0) is 0 Å². The fourth-order valence-electron chi connectivity index (χ4n) is 4.31. The molecule has 2 fully saturated rings. The molecule has 1 saturated heterocycles. The number of nitrogens with zero attached hydrogens (tertiary/aromatic N) is 3. The van der Waals surface area contributed by atoms with Crippen molar-refractivity contribution in [2.75, 3.05) is 23.7 Å². The first-order chi connectivity index (χ1) is 11.8. The Bertz CT molecular complexity index is 809. The van der Waals surface area contributed by atoms with Crippen LogP contribution in [0.1, 0.15) is 19.8 Å². The zero-order chi connectivity index (χ0) is 17.8. The predicted molar refractivity (Wildman–Crippen MR) is 97.9 cm³/mol. The van der Waals surface area contributed by atoms with Gasteiger partial charge in [0.15, 0.2) is 5.82 Å². The third-order valence-corrected chi connectivity index (χ3v) is 5.74. The van der Waals surface area contributed by atoms with Gasteiger partial charge in [-0.05, 0) is 37.7 Å². The molecule has 1 aromatic carbocycles. The molecule has 2 aromatic rings. The van der Waals surface area contributed by atoms with Crippen molar-refractivity contribution < 1.29 is 4.39 Å². The van der Waals surface area contributed by atoms with Gasteiger partial charge in [-0.1, -0.05) is 23.7 Å². The topological polar surface area (TPSA) is 81.1 Å². The summed E-state index contributed by atoms with van der Waals surface area (Å²) in [6.45, 7) is 3.97. The van der Waals surface area contributed by atoms with Gasteiger partial charge in [0.1, 0.15) is 17.3 Å². The first-order valence-corrected chi connectivity index (χ1v) is 8.82. The quantitative estimate of drug-likeness (QED) is 0.859. The van der Waals surface area contributed by atoms with Crippen LogP contribution in [-0.4, -0.2) is 28.6 Å². The molecule has 0 radical (unpaired) electrons. The molecular weight excluding hydrogens is 341 g/mol. The molecule has 0 bridgehead atoms. The lowest BCUT2D eigenvalue weighted by molar-refractivity contribution is 0.449. The van der Waals surface area contributed by atoms with Gasteiger partial charge in [0, 0.05) is 24.2 Å². The van der Waals surface area contributed by atoms with E-state index in [1.165, 1.54) is 6.07 Å². The summed E-state index contributed by atoms with van der Waals surface area (Å²) in [6.07, 6.45) is 3.76. The highest BCUT2D eigenvalue weighted by molar-refractivity contribution is 6.33. The van der Waals surface area contributed by atoms with Crippen molar-refractivity contribution in [1.82, 2.24) is 9.97 Å². The standard InChI is InChI=1S/C18H21ClFN5/c1-18(22)5-10-8-25(9-11(10)6-18)14-7-23-16(17(21)24-14)12-3-2-4-13(20)15(12)19/h2-4,7,10-11H,5-6,8-9,22H2,1H3,(H2,21,24)/t10-,11+,18+. The minimum absolute atomic E-state index is 0.00851. The number of halogens is 2. The van der Waals surface area contributed by atoms with Gasteiger partial charge in [-0.25, -0.2) is 14.4 Å². The number of rotatable bonds is 2. The molecule has 0 spiro atoms. The molecule has 1 aliphatic carbocycles. The number of hydrogen-bond acceptors (Lipinski definition) is 5. The molecule has 0 unspecified atom stereocenters. The third kappa shape index (κ3) is 2.93. The number of fused-ring (bicyclic) bond motifs is 1. The highest BCUT2D eigenvalue weighted by Gasteiger charge is 2.45. The second kappa shape index (κ2) is 5.81. The van der Waals surface area contributed by atoms with E-state index in [0.717, 1.165) is 31.7 Å². The Balaban J connectivity index is 1.58. The minimum atomic E-state index is -0.498. The summed E-state index contributed by atoms with van der Waals surface area (Å²) < 4.78 is 13.7. The zero-order valence-corrected chi connectivity index (χ0v) is 14.8. The van der Waals surface area contributed by atoms with E-state index in [-0.39, 0.29) is 16.4 Å². The van der Waals surface area contributed by atoms with Crippen molar-refractivity contribution in [2.45, 2.75) is 25.3 Å². The van der Waals surface area contributed by atoms with Crippen molar-refractivity contribution in [3.05, 3.63) is 35.2 Å². The molecular formula is C18H21ClFN5. The SMILES string of the molecule is C[C@@]1(N)C[C@H]2CN(c3cnc(-c4cccc(F)c4Cl)c(N)n3)C[C@H]2C1. The van der Waals surface area contributed by atoms with Crippen LogP contribution < -0.4 is 16.4 Å². The maximum atomic E-state index is 13.7. The molecule has 132 valence electrons. The summed E-state index contributed by atoms with van der Waals surface area (Å²) in [5, 5.41) is 0.00851. The van der Waals surface area contributed by atoms with E-state index in [0.29, 0.717) is 23.1 Å². The first kappa shape index (κ1) is 16.5. The van der Waals surface area contributed by atoms with Crippen molar-refractivity contribution in [1.29, 1.82) is 0 Å². The van der Waals surface area contributed by atoms with Crippen molar-refractivity contribution in [3.8, 4) is 11.3 Å². The first-order valence-electron chi connectivity index (χ1n) is 8.45. The molecule has 25 heavy (non-hydrogen) atoms. The largest absolute Gasteiger partial charge is 0.382 e. The normalized spacial score (nSPS) is 28.4. The van der Waals surface area contributed by atoms with Gasteiger partial charge in [-0.15, -0.1) is 0 Å². The summed E-state index contributed by atoms with van der Waals surface area (Å²) in [5.41, 5.74) is 13.2. The Morgan fingerprint density at radius 3 is 2.60 bits per heavy atom. The molecule has 4 rings (SSSR count). The van der Waals surface area contributed by atoms with E-state index in [4.69, 9.17) is 23.1 Å². The lowest BCUT2D eigenvalue weighted by atomic mass is 10.00. The van der Waals surface area contributed by atoms with Gasteiger partial charge >= 0.3 is 0 Å². The van der Waals surface area contributed by atoms with Gasteiger partial charge in [0.25, 0.3) is 0 Å². The monoisotopic (exact) mass is 361 g/mol. The van der Waals surface area contributed by atoms with E-state index in [2.05, 4.69) is 21.8 Å². The van der Waals surface area contributed by atoms with E-state index in [1.807, 2.05) is 0 Å². The van der Waals surface area contributed by atoms with Crippen molar-refractivity contribution >= 4 is 23.2 Å². The zero-order valence-electron chi connectivity index (χ0n) is 14.0. The summed E-state index contributed by atoms with van der Waals surface area (Å²) >= 11 is 6.04. The summed E-state index contributed by atoms with van der Waals surface area (Å²) in [4.78, 5) is 11.1. The van der Waals surface area contributed by atoms with Gasteiger partial charge in [-0.3, -0.25) is 0 Å². The van der Waals surface area contributed by atoms with Crippen LogP contribution in [0, 0.1) is 17.7 Å². The van der Waals surface area contributed by atoms with Gasteiger partial charge < -0.3 is 16.4 Å². The van der Waals surface area contributed by atoms with Crippen LogP contribution in [0.15, 0.2) is 24.4 Å². The summed E-state index contributed by atoms with van der Waals surface area (Å²) in [6, 6.07) is 4.57. The van der Waals surface area contributed by atoms with Crippen LogP contribution >= 0.6 is 11.6 Å². The van der Waals surface area contributed by atoms with Gasteiger partial charge in [0.2, 0.25) is 0 Å². The highest BCUT2D eigenvalue weighted by Crippen LogP contribution is 2.43. The molecule has 1 saturated carbocycles. The lowest BCUT2D eigenvalue weighted by Gasteiger charge is -2.23. The molecule has 5 nitrogen and oxygen atoms in total. The minimum Gasteiger partial charge on any atom is -0.382 e. The Morgan fingerprint density at radius 2 is 1.96 bits per heavy atom. The predicted octanol–water partition coefficient (Wildman–Crippen LogP) is 3.08. The van der Waals surface area contributed by atoms with Crippen LogP contribution in [0.5, 0.6) is 0 Å². The van der Waals surface area contributed by atoms with E-state index < -0.39 is 5.82 Å². The van der Waals surface area contributed by atoms with Crippen LogP contribution in [0.4, 0.5) is 16.0 Å². The highest BCUT2D eigenvalue weighted by atomic mass is 35.5. The van der Waals surface area contributed by atoms with Crippen LogP contribution in [0.25, 0.3) is 11.3 Å². The number of nitrogens with two attached hydrogens (primary N) is 2. The van der Waals surface area contributed by atoms with E-state index >= 15 is 0 Å². The number of nitrogen functional groups attached to an aromatic ring is 1. The number of aromatic nitrogens is 2. The molecule has 1 aromatic heterocycles. The number of hydrogen-bond donors (Lipinski definition) is 2. The van der Waals surface area contributed by atoms with Crippen LogP contribution in [0.3, 0.4) is 0 Å². The maximum Gasteiger partial charge on any atom is 0.152 e. The van der Waals surface area contributed by atoms with Gasteiger partial charge in [-0.2, -0.15) is 0 Å². The number of benzene rings is 1. The fourth-order valence-corrected chi connectivity index (χ4v) is 4.53. The summed E-state index contributed by atoms with van der Waals surface area (Å²) in [7, 11) is 0. The van der Waals surface area contributed by atoms with Crippen LogP contribution in [0.2, 0.25) is 5.02 Å². The van der Waals surface area contributed by atoms with E-state index in [9.17, 15) is 4.39 Å². The Labute approximate surface area is 151 Å². The molecule has 4 N–H and O–H groups in total. The molecule has 7 heteroatoms. The average molecular weight is 362 g/mol. The second-order valence-corrected chi connectivity index (χ2v) is 7.93. The van der Waals surface area contributed by atoms with Gasteiger partial charge in [0.05, 0.1) is 11.2 Å². The third-order valence-electron chi connectivity index (χ3n) is 5.35. The average Bonchev–Trinajstić information content (AvgIpc) is 3.04. The Morgan fingerprint density at radius 1 is 1.28 bits per heavy atom. The smallest absolute Gasteiger partial charge is 0.152 e. The molecule has 2 aliphatic rings. The summed E-state index contributed by atoms with van der Waals surface area (Å²) in [5.74, 6) is 1.69. The number of anilines is 2. The molecule has 1 aliphatic heterocycles. The molecule has 3 atom stereocenters.